The van der Waals surface area contributed by atoms with Crippen molar-refractivity contribution in [1.29, 1.82) is 0 Å². The lowest BCUT2D eigenvalue weighted by Crippen LogP contribution is -2.27. The van der Waals surface area contributed by atoms with Crippen molar-refractivity contribution < 1.29 is 4.79 Å². The predicted molar refractivity (Wildman–Crippen MR) is 72.9 cm³/mol. The lowest BCUT2D eigenvalue weighted by molar-refractivity contribution is 0.0951. The molecule has 1 saturated carbocycles. The summed E-state index contributed by atoms with van der Waals surface area (Å²) in [6.07, 6.45) is 5.95. The molecule has 0 unspecified atom stereocenters. The average Bonchev–Trinajstić information content (AvgIpc) is 3.22. The number of anilines is 1. The van der Waals surface area contributed by atoms with Gasteiger partial charge >= 0.3 is 0 Å². The average molecular weight is 244 g/mol. The van der Waals surface area contributed by atoms with Crippen LogP contribution in [0.25, 0.3) is 0 Å². The van der Waals surface area contributed by atoms with Crippen molar-refractivity contribution in [2.45, 2.75) is 32.1 Å². The van der Waals surface area contributed by atoms with Gasteiger partial charge in [0.15, 0.2) is 0 Å². The highest BCUT2D eigenvalue weighted by molar-refractivity contribution is 5.97. The molecular formula is C15H20N2O. The first-order valence-corrected chi connectivity index (χ1v) is 6.98. The van der Waals surface area contributed by atoms with Crippen LogP contribution >= 0.6 is 0 Å². The second-order valence-electron chi connectivity index (χ2n) is 5.35. The van der Waals surface area contributed by atoms with E-state index in [1.807, 2.05) is 12.1 Å². The zero-order valence-electron chi connectivity index (χ0n) is 10.7. The fraction of sp³-hybridized carbons (Fsp3) is 0.533. The fourth-order valence-corrected chi connectivity index (χ4v) is 2.61. The first-order valence-electron chi connectivity index (χ1n) is 6.98. The maximum atomic E-state index is 12.2. The van der Waals surface area contributed by atoms with Crippen LogP contribution in [0.5, 0.6) is 0 Å². The summed E-state index contributed by atoms with van der Waals surface area (Å²) in [5.74, 6) is 0.966. The first kappa shape index (κ1) is 11.6. The molecule has 0 saturated heterocycles. The normalized spacial score (nSPS) is 17.8. The summed E-state index contributed by atoms with van der Waals surface area (Å²) in [5, 5.41) is 6.42. The summed E-state index contributed by atoms with van der Waals surface area (Å²) in [7, 11) is 0. The van der Waals surface area contributed by atoms with Gasteiger partial charge in [0.05, 0.1) is 0 Å². The minimum absolute atomic E-state index is 0.0937. The molecule has 0 spiro atoms. The van der Waals surface area contributed by atoms with Gasteiger partial charge in [-0.05, 0) is 42.9 Å². The SMILES string of the molecule is O=C(NCCC1CC1)c1cccc2c1CCCN2. The van der Waals surface area contributed by atoms with Gasteiger partial charge in [0.2, 0.25) is 0 Å². The predicted octanol–water partition coefficient (Wildman–Crippen LogP) is 2.57. The molecule has 1 aromatic carbocycles. The molecule has 0 bridgehead atoms. The molecule has 3 heteroatoms. The zero-order chi connectivity index (χ0) is 12.4. The van der Waals surface area contributed by atoms with Gasteiger partial charge in [0, 0.05) is 24.3 Å². The number of nitrogens with one attached hydrogen (secondary N) is 2. The van der Waals surface area contributed by atoms with Gasteiger partial charge in [0.1, 0.15) is 0 Å². The standard InChI is InChI=1S/C15H20N2O/c18-15(17-10-8-11-6-7-11)13-3-1-5-14-12(13)4-2-9-16-14/h1,3,5,11,16H,2,4,6-10H2,(H,17,18). The summed E-state index contributed by atoms with van der Waals surface area (Å²) in [5.41, 5.74) is 3.18. The molecule has 1 aliphatic heterocycles. The number of carbonyl (C=O) groups is 1. The van der Waals surface area contributed by atoms with Gasteiger partial charge in [-0.3, -0.25) is 4.79 Å². The van der Waals surface area contributed by atoms with E-state index in [2.05, 4.69) is 16.7 Å². The van der Waals surface area contributed by atoms with E-state index in [0.29, 0.717) is 0 Å². The molecule has 0 radical (unpaired) electrons. The number of amides is 1. The summed E-state index contributed by atoms with van der Waals surface area (Å²) in [6, 6.07) is 5.97. The molecule has 2 N–H and O–H groups in total. The van der Waals surface area contributed by atoms with Crippen molar-refractivity contribution in [2.24, 2.45) is 5.92 Å². The Bertz CT molecular complexity index is 452. The van der Waals surface area contributed by atoms with E-state index in [4.69, 9.17) is 0 Å². The minimum Gasteiger partial charge on any atom is -0.385 e. The van der Waals surface area contributed by atoms with Crippen LogP contribution in [0, 0.1) is 5.92 Å². The summed E-state index contributed by atoms with van der Waals surface area (Å²) >= 11 is 0. The molecule has 1 fully saturated rings. The molecular weight excluding hydrogens is 224 g/mol. The van der Waals surface area contributed by atoms with Gasteiger partial charge < -0.3 is 10.6 Å². The zero-order valence-corrected chi connectivity index (χ0v) is 10.7. The highest BCUT2D eigenvalue weighted by atomic mass is 16.1. The highest BCUT2D eigenvalue weighted by Crippen LogP contribution is 2.31. The molecule has 1 amide bonds. The van der Waals surface area contributed by atoms with Crippen LogP contribution in [-0.4, -0.2) is 19.0 Å². The minimum atomic E-state index is 0.0937. The lowest BCUT2D eigenvalue weighted by Gasteiger charge is -2.20. The Labute approximate surface area is 108 Å². The van der Waals surface area contributed by atoms with Gasteiger partial charge in [-0.15, -0.1) is 0 Å². The Morgan fingerprint density at radius 3 is 3.11 bits per heavy atom. The van der Waals surface area contributed by atoms with Crippen LogP contribution in [0.4, 0.5) is 5.69 Å². The monoisotopic (exact) mass is 244 g/mol. The molecule has 2 aliphatic rings. The second kappa shape index (κ2) is 5.01. The van der Waals surface area contributed by atoms with E-state index in [1.54, 1.807) is 0 Å². The number of hydrogen-bond acceptors (Lipinski definition) is 2. The van der Waals surface area contributed by atoms with E-state index >= 15 is 0 Å². The maximum Gasteiger partial charge on any atom is 0.251 e. The van der Waals surface area contributed by atoms with E-state index in [-0.39, 0.29) is 5.91 Å². The van der Waals surface area contributed by atoms with Crippen LogP contribution in [0.2, 0.25) is 0 Å². The first-order chi connectivity index (χ1) is 8.84. The largest absolute Gasteiger partial charge is 0.385 e. The van der Waals surface area contributed by atoms with Crippen molar-refractivity contribution in [3.63, 3.8) is 0 Å². The van der Waals surface area contributed by atoms with Gasteiger partial charge in [0.25, 0.3) is 5.91 Å². The third kappa shape index (κ3) is 2.50. The Morgan fingerprint density at radius 2 is 2.28 bits per heavy atom. The van der Waals surface area contributed by atoms with Crippen molar-refractivity contribution in [3.05, 3.63) is 29.3 Å². The maximum absolute atomic E-state index is 12.2. The molecule has 1 aliphatic carbocycles. The van der Waals surface area contributed by atoms with Crippen molar-refractivity contribution in [1.82, 2.24) is 5.32 Å². The van der Waals surface area contributed by atoms with Crippen LogP contribution in [0.3, 0.4) is 0 Å². The van der Waals surface area contributed by atoms with Gasteiger partial charge in [-0.1, -0.05) is 18.9 Å². The molecule has 96 valence electrons. The third-order valence-corrected chi connectivity index (χ3v) is 3.87. The van der Waals surface area contributed by atoms with E-state index in [9.17, 15) is 4.79 Å². The molecule has 18 heavy (non-hydrogen) atoms. The summed E-state index contributed by atoms with van der Waals surface area (Å²) < 4.78 is 0. The van der Waals surface area contributed by atoms with Gasteiger partial charge in [-0.2, -0.15) is 0 Å². The van der Waals surface area contributed by atoms with Crippen LogP contribution in [0.15, 0.2) is 18.2 Å². The summed E-state index contributed by atoms with van der Waals surface area (Å²) in [6.45, 7) is 1.83. The molecule has 3 rings (SSSR count). The molecule has 0 atom stereocenters. The summed E-state index contributed by atoms with van der Waals surface area (Å²) in [4.78, 5) is 12.2. The lowest BCUT2D eigenvalue weighted by atomic mass is 9.97. The van der Waals surface area contributed by atoms with Crippen molar-refractivity contribution >= 4 is 11.6 Å². The Balaban J connectivity index is 1.68. The number of rotatable bonds is 4. The number of carbonyl (C=O) groups excluding carboxylic acids is 1. The van der Waals surface area contributed by atoms with E-state index in [1.165, 1.54) is 18.4 Å². The van der Waals surface area contributed by atoms with Crippen molar-refractivity contribution in [3.8, 4) is 0 Å². The quantitative estimate of drug-likeness (QED) is 0.854. The smallest absolute Gasteiger partial charge is 0.251 e. The molecule has 0 aromatic heterocycles. The van der Waals surface area contributed by atoms with E-state index in [0.717, 1.165) is 49.5 Å². The second-order valence-corrected chi connectivity index (χ2v) is 5.35. The van der Waals surface area contributed by atoms with E-state index < -0.39 is 0 Å². The third-order valence-electron chi connectivity index (χ3n) is 3.87. The topological polar surface area (TPSA) is 41.1 Å². The number of hydrogen-bond donors (Lipinski definition) is 2. The molecule has 3 nitrogen and oxygen atoms in total. The van der Waals surface area contributed by atoms with Crippen LogP contribution in [-0.2, 0) is 6.42 Å². The van der Waals surface area contributed by atoms with Gasteiger partial charge in [-0.25, -0.2) is 0 Å². The molecule has 1 aromatic rings. The Morgan fingerprint density at radius 1 is 1.39 bits per heavy atom. The van der Waals surface area contributed by atoms with Crippen molar-refractivity contribution in [2.75, 3.05) is 18.4 Å². The fourth-order valence-electron chi connectivity index (χ4n) is 2.61. The van der Waals surface area contributed by atoms with Crippen LogP contribution in [0.1, 0.15) is 41.6 Å². The number of benzene rings is 1. The molecule has 1 heterocycles. The number of fused-ring (bicyclic) bond motifs is 1. The van der Waals surface area contributed by atoms with Crippen LogP contribution < -0.4 is 10.6 Å². The Kier molecular flexibility index (Phi) is 3.22. The highest BCUT2D eigenvalue weighted by Gasteiger charge is 2.21. The Hall–Kier alpha value is -1.51.